The minimum absolute atomic E-state index is 0.503. The molecule has 1 aromatic carbocycles. The first-order chi connectivity index (χ1) is 10.7. The lowest BCUT2D eigenvalue weighted by molar-refractivity contribution is -0.159. The Balaban J connectivity index is 1.65. The molecule has 3 rings (SSSR count). The van der Waals surface area contributed by atoms with E-state index in [1.54, 1.807) is 11.3 Å². The van der Waals surface area contributed by atoms with Crippen LogP contribution in [0.2, 0.25) is 0 Å². The van der Waals surface area contributed by atoms with E-state index in [-0.39, 0.29) is 0 Å². The average Bonchev–Trinajstić information content (AvgIpc) is 3.03. The number of hydrogen-bond acceptors (Lipinski definition) is 4. The smallest absolute Gasteiger partial charge is 0.348 e. The quantitative estimate of drug-likeness (QED) is 0.920. The van der Waals surface area contributed by atoms with Gasteiger partial charge in [0.2, 0.25) is 5.60 Å². The molecule has 0 radical (unpaired) electrons. The number of carboxylic acids is 1. The number of carboxylic acid groups (broad SMARTS) is 1. The minimum Gasteiger partial charge on any atom is -0.478 e. The molecule has 1 aliphatic heterocycles. The van der Waals surface area contributed by atoms with Crippen LogP contribution in [0.4, 0.5) is 0 Å². The summed E-state index contributed by atoms with van der Waals surface area (Å²) in [4.78, 5) is 15.4. The monoisotopic (exact) mass is 317 g/mol. The molecular weight excluding hydrogens is 298 g/mol. The standard InChI is InChI=1S/C17H19NO3S/c19-16(20)17(21-14-5-2-1-3-6-14)8-10-18(11-9-17)13-15-7-4-12-22-15/h1-7,12H,8-11,13H2,(H,19,20). The number of piperidine rings is 1. The number of ether oxygens (including phenoxy) is 1. The molecule has 1 aromatic heterocycles. The van der Waals surface area contributed by atoms with E-state index in [4.69, 9.17) is 4.74 Å². The lowest BCUT2D eigenvalue weighted by Crippen LogP contribution is -2.53. The van der Waals surface area contributed by atoms with E-state index in [0.29, 0.717) is 18.6 Å². The predicted octanol–water partition coefficient (Wildman–Crippen LogP) is 3.25. The second kappa shape index (κ2) is 6.50. The lowest BCUT2D eigenvalue weighted by atomic mass is 9.91. The van der Waals surface area contributed by atoms with Gasteiger partial charge in [-0.1, -0.05) is 24.3 Å². The van der Waals surface area contributed by atoms with Crippen LogP contribution in [-0.4, -0.2) is 34.7 Å². The highest BCUT2D eigenvalue weighted by molar-refractivity contribution is 7.09. The van der Waals surface area contributed by atoms with Crippen molar-refractivity contribution >= 4 is 17.3 Å². The maximum atomic E-state index is 11.8. The first-order valence-corrected chi connectivity index (χ1v) is 8.28. The molecule has 0 spiro atoms. The summed E-state index contributed by atoms with van der Waals surface area (Å²) < 4.78 is 5.86. The van der Waals surface area contributed by atoms with Crippen molar-refractivity contribution in [2.75, 3.05) is 13.1 Å². The maximum absolute atomic E-state index is 11.8. The van der Waals surface area contributed by atoms with Gasteiger partial charge < -0.3 is 9.84 Å². The number of hydrogen-bond donors (Lipinski definition) is 1. The van der Waals surface area contributed by atoms with Crippen LogP contribution in [0.3, 0.4) is 0 Å². The van der Waals surface area contributed by atoms with Gasteiger partial charge in [0, 0.05) is 37.4 Å². The molecule has 1 aliphatic rings. The molecule has 0 unspecified atom stereocenters. The molecule has 1 fully saturated rings. The molecule has 0 saturated carbocycles. The Kier molecular flexibility index (Phi) is 4.45. The summed E-state index contributed by atoms with van der Waals surface area (Å²) in [5.74, 6) is -0.247. The highest BCUT2D eigenvalue weighted by Crippen LogP contribution is 2.30. The van der Waals surface area contributed by atoms with Gasteiger partial charge in [0.25, 0.3) is 0 Å². The summed E-state index contributed by atoms with van der Waals surface area (Å²) in [6.07, 6.45) is 1.01. The number of aliphatic carboxylic acids is 1. The number of thiophene rings is 1. The molecule has 2 heterocycles. The van der Waals surface area contributed by atoms with E-state index in [1.807, 2.05) is 36.4 Å². The normalized spacial score (nSPS) is 18.0. The van der Waals surface area contributed by atoms with Crippen LogP contribution >= 0.6 is 11.3 Å². The molecule has 116 valence electrons. The molecule has 0 atom stereocenters. The van der Waals surface area contributed by atoms with Crippen molar-refractivity contribution in [1.29, 1.82) is 0 Å². The molecule has 4 nitrogen and oxygen atoms in total. The Morgan fingerprint density at radius 3 is 2.50 bits per heavy atom. The van der Waals surface area contributed by atoms with Gasteiger partial charge in [-0.15, -0.1) is 11.3 Å². The molecule has 1 saturated heterocycles. The van der Waals surface area contributed by atoms with Gasteiger partial charge in [0.1, 0.15) is 5.75 Å². The van der Waals surface area contributed by atoms with E-state index >= 15 is 0 Å². The zero-order chi connectivity index (χ0) is 15.4. The van der Waals surface area contributed by atoms with Crippen LogP contribution in [0.1, 0.15) is 17.7 Å². The summed E-state index contributed by atoms with van der Waals surface area (Å²) in [6, 6.07) is 13.4. The summed E-state index contributed by atoms with van der Waals surface area (Å²) in [5.41, 5.74) is -1.10. The van der Waals surface area contributed by atoms with E-state index < -0.39 is 11.6 Å². The minimum atomic E-state index is -1.10. The molecule has 1 N–H and O–H groups in total. The van der Waals surface area contributed by atoms with Crippen LogP contribution in [0, 0.1) is 0 Å². The third-order valence-electron chi connectivity index (χ3n) is 4.07. The van der Waals surface area contributed by atoms with Crippen LogP contribution in [0.25, 0.3) is 0 Å². The van der Waals surface area contributed by atoms with Crippen molar-refractivity contribution in [2.24, 2.45) is 0 Å². The molecule has 0 amide bonds. The van der Waals surface area contributed by atoms with Crippen LogP contribution in [0.5, 0.6) is 5.75 Å². The summed E-state index contributed by atoms with van der Waals surface area (Å²) in [5, 5.41) is 11.7. The number of para-hydroxylation sites is 1. The van der Waals surface area contributed by atoms with E-state index in [2.05, 4.69) is 16.3 Å². The predicted molar refractivity (Wildman–Crippen MR) is 86.3 cm³/mol. The van der Waals surface area contributed by atoms with Gasteiger partial charge in [0.05, 0.1) is 0 Å². The fourth-order valence-electron chi connectivity index (χ4n) is 2.77. The summed E-state index contributed by atoms with van der Waals surface area (Å²) in [6.45, 7) is 2.35. The number of rotatable bonds is 5. The summed E-state index contributed by atoms with van der Waals surface area (Å²) in [7, 11) is 0. The zero-order valence-electron chi connectivity index (χ0n) is 12.3. The van der Waals surface area contributed by atoms with Crippen molar-refractivity contribution < 1.29 is 14.6 Å². The lowest BCUT2D eigenvalue weighted by Gasteiger charge is -2.38. The molecule has 0 bridgehead atoms. The number of nitrogens with zero attached hydrogens (tertiary/aromatic N) is 1. The molecule has 22 heavy (non-hydrogen) atoms. The summed E-state index contributed by atoms with van der Waals surface area (Å²) >= 11 is 1.74. The van der Waals surface area contributed by atoms with Gasteiger partial charge in [0.15, 0.2) is 0 Å². The maximum Gasteiger partial charge on any atom is 0.348 e. The average molecular weight is 317 g/mol. The van der Waals surface area contributed by atoms with E-state index in [0.717, 1.165) is 19.6 Å². The van der Waals surface area contributed by atoms with Crippen molar-refractivity contribution in [3.8, 4) is 5.75 Å². The van der Waals surface area contributed by atoms with Gasteiger partial charge in [-0.2, -0.15) is 0 Å². The Hall–Kier alpha value is -1.85. The van der Waals surface area contributed by atoms with Crippen LogP contribution < -0.4 is 4.74 Å². The van der Waals surface area contributed by atoms with Gasteiger partial charge in [-0.3, -0.25) is 4.90 Å². The first kappa shape index (κ1) is 15.1. The van der Waals surface area contributed by atoms with Crippen LogP contribution in [-0.2, 0) is 11.3 Å². The molecule has 2 aromatic rings. The SMILES string of the molecule is O=C(O)C1(Oc2ccccc2)CCN(Cc2cccs2)CC1. The van der Waals surface area contributed by atoms with Crippen LogP contribution in [0.15, 0.2) is 47.8 Å². The van der Waals surface area contributed by atoms with Gasteiger partial charge in [-0.25, -0.2) is 4.79 Å². The second-order valence-corrected chi connectivity index (χ2v) is 6.60. The third kappa shape index (κ3) is 3.31. The molecule has 5 heteroatoms. The zero-order valence-corrected chi connectivity index (χ0v) is 13.1. The third-order valence-corrected chi connectivity index (χ3v) is 4.93. The number of likely N-dealkylation sites (tertiary alicyclic amines) is 1. The van der Waals surface area contributed by atoms with Crippen molar-refractivity contribution in [3.63, 3.8) is 0 Å². The van der Waals surface area contributed by atoms with Crippen molar-refractivity contribution in [1.82, 2.24) is 4.90 Å². The van der Waals surface area contributed by atoms with E-state index in [1.165, 1.54) is 4.88 Å². The second-order valence-electron chi connectivity index (χ2n) is 5.57. The topological polar surface area (TPSA) is 49.8 Å². The van der Waals surface area contributed by atoms with Gasteiger partial charge in [-0.05, 0) is 23.6 Å². The van der Waals surface area contributed by atoms with Gasteiger partial charge >= 0.3 is 5.97 Å². The molecule has 0 aliphatic carbocycles. The fraction of sp³-hybridized carbons (Fsp3) is 0.353. The Morgan fingerprint density at radius 2 is 1.91 bits per heavy atom. The molecular formula is C17H19NO3S. The van der Waals surface area contributed by atoms with E-state index in [9.17, 15) is 9.90 Å². The number of carbonyl (C=O) groups is 1. The largest absolute Gasteiger partial charge is 0.478 e. The highest BCUT2D eigenvalue weighted by Gasteiger charge is 2.44. The fourth-order valence-corrected chi connectivity index (χ4v) is 3.52. The Morgan fingerprint density at radius 1 is 1.18 bits per heavy atom. The Bertz CT molecular complexity index is 604. The Labute approximate surface area is 134 Å². The van der Waals surface area contributed by atoms with Crippen molar-refractivity contribution in [2.45, 2.75) is 25.0 Å². The number of benzene rings is 1. The first-order valence-electron chi connectivity index (χ1n) is 7.40. The van der Waals surface area contributed by atoms with Crippen molar-refractivity contribution in [3.05, 3.63) is 52.7 Å². The highest BCUT2D eigenvalue weighted by atomic mass is 32.1.